The van der Waals surface area contributed by atoms with Crippen molar-refractivity contribution in [1.29, 1.82) is 0 Å². The maximum Gasteiger partial charge on any atom is 0.241 e. The largest absolute Gasteiger partial charge is 0.288 e. The zero-order chi connectivity index (χ0) is 12.9. The Morgan fingerprint density at radius 2 is 1.71 bits per heavy atom. The van der Waals surface area contributed by atoms with Crippen molar-refractivity contribution in [3.8, 4) is 0 Å². The lowest BCUT2D eigenvalue weighted by molar-refractivity contribution is 0.220. The van der Waals surface area contributed by atoms with Crippen LogP contribution in [0.2, 0.25) is 0 Å². The van der Waals surface area contributed by atoms with Crippen LogP contribution in [0.25, 0.3) is 0 Å². The third-order valence-electron chi connectivity index (χ3n) is 2.74. The molecule has 0 spiro atoms. The van der Waals surface area contributed by atoms with E-state index in [1.54, 1.807) is 30.3 Å². The summed E-state index contributed by atoms with van der Waals surface area (Å²) in [5.41, 5.74) is 0. The number of benzene rings is 1. The van der Waals surface area contributed by atoms with Crippen LogP contribution in [0, 0.1) is 0 Å². The molecular formula is C12H20N2O2S. The quantitative estimate of drug-likeness (QED) is 0.787. The first-order valence-electron chi connectivity index (χ1n) is 5.82. The molecule has 0 aliphatic rings. The van der Waals surface area contributed by atoms with E-state index in [0.29, 0.717) is 4.90 Å². The molecule has 0 aliphatic carbocycles. The summed E-state index contributed by atoms with van der Waals surface area (Å²) in [7, 11) is -3.42. The van der Waals surface area contributed by atoms with Crippen molar-refractivity contribution >= 4 is 10.0 Å². The van der Waals surface area contributed by atoms with E-state index >= 15 is 0 Å². The second kappa shape index (κ2) is 6.14. The third-order valence-corrected chi connectivity index (χ3v) is 4.28. The lowest BCUT2D eigenvalue weighted by Crippen LogP contribution is -2.45. The Labute approximate surface area is 104 Å². The fourth-order valence-electron chi connectivity index (χ4n) is 1.74. The summed E-state index contributed by atoms with van der Waals surface area (Å²) in [5.74, 6) is 0. The molecule has 96 valence electrons. The molecule has 1 aromatic carbocycles. The van der Waals surface area contributed by atoms with Gasteiger partial charge in [-0.15, -0.1) is 0 Å². The van der Waals surface area contributed by atoms with Crippen LogP contribution in [0.3, 0.4) is 0 Å². The number of sulfonamides is 1. The van der Waals surface area contributed by atoms with Gasteiger partial charge in [-0.25, -0.2) is 8.42 Å². The summed E-state index contributed by atoms with van der Waals surface area (Å²) >= 11 is 0. The smallest absolute Gasteiger partial charge is 0.241 e. The Bertz CT molecular complexity index is 427. The molecule has 0 aliphatic heterocycles. The predicted molar refractivity (Wildman–Crippen MR) is 69.1 cm³/mol. The van der Waals surface area contributed by atoms with E-state index in [2.05, 4.69) is 4.72 Å². The fourth-order valence-corrected chi connectivity index (χ4v) is 2.99. The molecule has 4 nitrogen and oxygen atoms in total. The maximum absolute atomic E-state index is 12.0. The van der Waals surface area contributed by atoms with Crippen LogP contribution in [0.4, 0.5) is 0 Å². The Morgan fingerprint density at radius 3 is 2.18 bits per heavy atom. The third kappa shape index (κ3) is 3.80. The maximum atomic E-state index is 12.0. The average molecular weight is 256 g/mol. The van der Waals surface area contributed by atoms with Gasteiger partial charge < -0.3 is 0 Å². The second-order valence-electron chi connectivity index (χ2n) is 3.83. The average Bonchev–Trinajstić information content (AvgIpc) is 2.31. The van der Waals surface area contributed by atoms with E-state index in [0.717, 1.165) is 13.1 Å². The SMILES string of the molecule is CCN(CC)C(C)NS(=O)(=O)c1ccccc1. The van der Waals surface area contributed by atoms with Crippen molar-refractivity contribution in [3.05, 3.63) is 30.3 Å². The lowest BCUT2D eigenvalue weighted by Gasteiger charge is -2.26. The van der Waals surface area contributed by atoms with Gasteiger partial charge in [0.2, 0.25) is 10.0 Å². The van der Waals surface area contributed by atoms with Gasteiger partial charge in [-0.05, 0) is 32.1 Å². The molecular weight excluding hydrogens is 236 g/mol. The Kier molecular flexibility index (Phi) is 5.11. The van der Waals surface area contributed by atoms with Gasteiger partial charge in [0.05, 0.1) is 11.1 Å². The summed E-state index contributed by atoms with van der Waals surface area (Å²) in [6.45, 7) is 7.51. The van der Waals surface area contributed by atoms with Gasteiger partial charge in [0.25, 0.3) is 0 Å². The van der Waals surface area contributed by atoms with Crippen molar-refractivity contribution in [1.82, 2.24) is 9.62 Å². The molecule has 0 fully saturated rings. The van der Waals surface area contributed by atoms with Crippen LogP contribution in [0.15, 0.2) is 35.2 Å². The normalized spacial score (nSPS) is 13.9. The molecule has 17 heavy (non-hydrogen) atoms. The molecule has 1 aromatic rings. The van der Waals surface area contributed by atoms with Gasteiger partial charge >= 0.3 is 0 Å². The standard InChI is InChI=1S/C12H20N2O2S/c1-4-14(5-2)11(3)13-17(15,16)12-9-7-6-8-10-12/h6-11,13H,4-5H2,1-3H3. The van der Waals surface area contributed by atoms with E-state index in [1.807, 2.05) is 25.7 Å². The van der Waals surface area contributed by atoms with Crippen molar-refractivity contribution in [2.75, 3.05) is 13.1 Å². The van der Waals surface area contributed by atoms with E-state index < -0.39 is 10.0 Å². The Hall–Kier alpha value is -0.910. The Morgan fingerprint density at radius 1 is 1.18 bits per heavy atom. The first kappa shape index (κ1) is 14.2. The van der Waals surface area contributed by atoms with Crippen molar-refractivity contribution < 1.29 is 8.42 Å². The van der Waals surface area contributed by atoms with Gasteiger partial charge in [0.1, 0.15) is 0 Å². The lowest BCUT2D eigenvalue weighted by atomic mass is 10.4. The minimum atomic E-state index is -3.42. The van der Waals surface area contributed by atoms with E-state index in [9.17, 15) is 8.42 Å². The monoisotopic (exact) mass is 256 g/mol. The van der Waals surface area contributed by atoms with Gasteiger partial charge in [0, 0.05) is 0 Å². The fraction of sp³-hybridized carbons (Fsp3) is 0.500. The highest BCUT2D eigenvalue weighted by Gasteiger charge is 2.19. The van der Waals surface area contributed by atoms with Crippen LogP contribution >= 0.6 is 0 Å². The van der Waals surface area contributed by atoms with Crippen LogP contribution < -0.4 is 4.72 Å². The van der Waals surface area contributed by atoms with E-state index in [-0.39, 0.29) is 6.17 Å². The number of nitrogens with zero attached hydrogens (tertiary/aromatic N) is 1. The van der Waals surface area contributed by atoms with E-state index in [1.165, 1.54) is 0 Å². The molecule has 0 bridgehead atoms. The first-order chi connectivity index (χ1) is 8.01. The summed E-state index contributed by atoms with van der Waals surface area (Å²) in [5, 5.41) is 0. The van der Waals surface area contributed by atoms with Crippen molar-refractivity contribution in [3.63, 3.8) is 0 Å². The topological polar surface area (TPSA) is 49.4 Å². The Balaban J connectivity index is 2.81. The van der Waals surface area contributed by atoms with Crippen molar-refractivity contribution in [2.45, 2.75) is 31.8 Å². The highest BCUT2D eigenvalue weighted by atomic mass is 32.2. The molecule has 0 radical (unpaired) electrons. The van der Waals surface area contributed by atoms with Gasteiger partial charge in [0.15, 0.2) is 0 Å². The predicted octanol–water partition coefficient (Wildman–Crippen LogP) is 1.65. The summed E-state index contributed by atoms with van der Waals surface area (Å²) in [4.78, 5) is 2.35. The molecule has 0 amide bonds. The van der Waals surface area contributed by atoms with Gasteiger partial charge in [-0.2, -0.15) is 4.72 Å². The summed E-state index contributed by atoms with van der Waals surface area (Å²) in [6, 6.07) is 8.43. The number of hydrogen-bond donors (Lipinski definition) is 1. The summed E-state index contributed by atoms with van der Waals surface area (Å²) in [6.07, 6.45) is -0.199. The number of hydrogen-bond acceptors (Lipinski definition) is 3. The molecule has 1 N–H and O–H groups in total. The van der Waals surface area contributed by atoms with E-state index in [4.69, 9.17) is 0 Å². The molecule has 0 heterocycles. The second-order valence-corrected chi connectivity index (χ2v) is 5.55. The van der Waals surface area contributed by atoms with Crippen LogP contribution in [-0.2, 0) is 10.0 Å². The highest BCUT2D eigenvalue weighted by Crippen LogP contribution is 2.09. The molecule has 0 saturated carbocycles. The van der Waals surface area contributed by atoms with Crippen LogP contribution in [0.5, 0.6) is 0 Å². The molecule has 5 heteroatoms. The number of rotatable bonds is 6. The van der Waals surface area contributed by atoms with Crippen LogP contribution in [-0.4, -0.2) is 32.6 Å². The zero-order valence-corrected chi connectivity index (χ0v) is 11.4. The number of nitrogens with one attached hydrogen (secondary N) is 1. The van der Waals surface area contributed by atoms with Crippen LogP contribution in [0.1, 0.15) is 20.8 Å². The zero-order valence-electron chi connectivity index (χ0n) is 10.6. The molecule has 1 unspecified atom stereocenters. The van der Waals surface area contributed by atoms with Gasteiger partial charge in [-0.3, -0.25) is 4.90 Å². The highest BCUT2D eigenvalue weighted by molar-refractivity contribution is 7.89. The van der Waals surface area contributed by atoms with Crippen molar-refractivity contribution in [2.24, 2.45) is 0 Å². The molecule has 1 rings (SSSR count). The molecule has 1 atom stereocenters. The minimum Gasteiger partial charge on any atom is -0.288 e. The summed E-state index contributed by atoms with van der Waals surface area (Å²) < 4.78 is 26.8. The minimum absolute atomic E-state index is 0.199. The first-order valence-corrected chi connectivity index (χ1v) is 7.31. The molecule has 0 aromatic heterocycles. The molecule has 0 saturated heterocycles. The van der Waals surface area contributed by atoms with Gasteiger partial charge in [-0.1, -0.05) is 32.0 Å².